The zero-order chi connectivity index (χ0) is 11.3. The second kappa shape index (κ2) is 6.08. The fraction of sp³-hybridized carbons (Fsp3) is 0.909. The van der Waals surface area contributed by atoms with Crippen molar-refractivity contribution < 1.29 is 9.53 Å². The number of nitrogens with two attached hydrogens (primary N) is 1. The second-order valence-corrected chi connectivity index (χ2v) is 4.51. The van der Waals surface area contributed by atoms with Gasteiger partial charge >= 0.3 is 0 Å². The quantitative estimate of drug-likeness (QED) is 0.746. The van der Waals surface area contributed by atoms with Crippen molar-refractivity contribution in [3.05, 3.63) is 0 Å². The molecule has 1 heterocycles. The molecule has 1 rings (SSSR count). The van der Waals surface area contributed by atoms with Crippen LogP contribution in [0.2, 0.25) is 0 Å². The Morgan fingerprint density at radius 3 is 2.53 bits per heavy atom. The Labute approximate surface area is 91.8 Å². The molecule has 2 N–H and O–H groups in total. The molecule has 0 atom stereocenters. The zero-order valence-electron chi connectivity index (χ0n) is 9.74. The van der Waals surface area contributed by atoms with E-state index in [1.807, 2.05) is 4.90 Å². The van der Waals surface area contributed by atoms with Gasteiger partial charge in [-0.05, 0) is 18.8 Å². The normalized spacial score (nSPS) is 18.5. The lowest BCUT2D eigenvalue weighted by atomic mass is 10.1. The lowest BCUT2D eigenvalue weighted by molar-refractivity contribution is -0.132. The van der Waals surface area contributed by atoms with Gasteiger partial charge in [0.25, 0.3) is 0 Å². The van der Waals surface area contributed by atoms with Crippen molar-refractivity contribution in [1.82, 2.24) is 4.90 Å². The molecular weight excluding hydrogens is 192 g/mol. The van der Waals surface area contributed by atoms with E-state index in [-0.39, 0.29) is 12.5 Å². The number of piperidine rings is 1. The highest BCUT2D eigenvalue weighted by Gasteiger charge is 2.22. The van der Waals surface area contributed by atoms with Gasteiger partial charge in [-0.2, -0.15) is 0 Å². The van der Waals surface area contributed by atoms with Gasteiger partial charge in [-0.3, -0.25) is 4.79 Å². The van der Waals surface area contributed by atoms with E-state index >= 15 is 0 Å². The van der Waals surface area contributed by atoms with E-state index in [9.17, 15) is 4.79 Å². The van der Waals surface area contributed by atoms with Gasteiger partial charge in [0.1, 0.15) is 0 Å². The molecule has 4 nitrogen and oxygen atoms in total. The smallest absolute Gasteiger partial charge is 0.236 e. The number of rotatable bonds is 4. The third kappa shape index (κ3) is 4.18. The van der Waals surface area contributed by atoms with Gasteiger partial charge in [0.2, 0.25) is 5.91 Å². The van der Waals surface area contributed by atoms with Gasteiger partial charge in [-0.15, -0.1) is 0 Å². The van der Waals surface area contributed by atoms with Crippen LogP contribution in [0.5, 0.6) is 0 Å². The molecule has 1 amide bonds. The Bertz CT molecular complexity index is 199. The zero-order valence-corrected chi connectivity index (χ0v) is 9.74. The van der Waals surface area contributed by atoms with Gasteiger partial charge < -0.3 is 15.4 Å². The standard InChI is InChI=1S/C11H22N2O2/c1-9(2)8-15-10-3-5-13(6-4-10)11(14)7-12/h9-10H,3-8,12H2,1-2H3. The summed E-state index contributed by atoms with van der Waals surface area (Å²) in [4.78, 5) is 13.1. The number of amides is 1. The fourth-order valence-electron chi connectivity index (χ4n) is 1.73. The summed E-state index contributed by atoms with van der Waals surface area (Å²) in [6.07, 6.45) is 2.21. The van der Waals surface area contributed by atoms with Crippen LogP contribution >= 0.6 is 0 Å². The average Bonchev–Trinajstić information content (AvgIpc) is 2.26. The maximum atomic E-state index is 11.3. The molecule has 88 valence electrons. The molecule has 0 bridgehead atoms. The largest absolute Gasteiger partial charge is 0.378 e. The summed E-state index contributed by atoms with van der Waals surface area (Å²) in [6.45, 7) is 6.81. The van der Waals surface area contributed by atoms with E-state index < -0.39 is 0 Å². The van der Waals surface area contributed by atoms with E-state index in [2.05, 4.69) is 13.8 Å². The Kier molecular flexibility index (Phi) is 5.05. The van der Waals surface area contributed by atoms with Crippen LogP contribution in [0, 0.1) is 5.92 Å². The van der Waals surface area contributed by atoms with E-state index in [0.29, 0.717) is 12.0 Å². The maximum absolute atomic E-state index is 11.3. The molecule has 0 radical (unpaired) electrons. The summed E-state index contributed by atoms with van der Waals surface area (Å²) in [5, 5.41) is 0. The van der Waals surface area contributed by atoms with Gasteiger partial charge in [0.05, 0.1) is 12.6 Å². The number of carbonyl (C=O) groups excluding carboxylic acids is 1. The molecule has 0 unspecified atom stereocenters. The van der Waals surface area contributed by atoms with Crippen LogP contribution in [0.1, 0.15) is 26.7 Å². The summed E-state index contributed by atoms with van der Waals surface area (Å²) < 4.78 is 5.74. The molecule has 15 heavy (non-hydrogen) atoms. The summed E-state index contributed by atoms with van der Waals surface area (Å²) in [5.41, 5.74) is 5.31. The molecule has 1 saturated heterocycles. The molecule has 0 aromatic heterocycles. The van der Waals surface area contributed by atoms with Gasteiger partial charge in [-0.25, -0.2) is 0 Å². The third-order valence-electron chi connectivity index (χ3n) is 2.63. The molecule has 1 aliphatic heterocycles. The van der Waals surface area contributed by atoms with E-state index in [0.717, 1.165) is 32.5 Å². The number of nitrogens with zero attached hydrogens (tertiary/aromatic N) is 1. The molecule has 0 aromatic rings. The van der Waals surface area contributed by atoms with Gasteiger partial charge in [0.15, 0.2) is 0 Å². The van der Waals surface area contributed by atoms with Crippen LogP contribution in [-0.4, -0.2) is 43.2 Å². The van der Waals surface area contributed by atoms with Crippen molar-refractivity contribution in [2.24, 2.45) is 11.7 Å². The van der Waals surface area contributed by atoms with Crippen molar-refractivity contribution in [2.75, 3.05) is 26.2 Å². The third-order valence-corrected chi connectivity index (χ3v) is 2.63. The van der Waals surface area contributed by atoms with E-state index in [1.54, 1.807) is 0 Å². The highest BCUT2D eigenvalue weighted by Crippen LogP contribution is 2.14. The number of carbonyl (C=O) groups is 1. The van der Waals surface area contributed by atoms with Crippen LogP contribution in [0.4, 0.5) is 0 Å². The van der Waals surface area contributed by atoms with Crippen LogP contribution in [0.3, 0.4) is 0 Å². The first kappa shape index (κ1) is 12.5. The first-order valence-corrected chi connectivity index (χ1v) is 5.73. The minimum atomic E-state index is 0.0531. The SMILES string of the molecule is CC(C)COC1CCN(C(=O)CN)CC1. The van der Waals surface area contributed by atoms with Crippen LogP contribution < -0.4 is 5.73 Å². The number of ether oxygens (including phenoxy) is 1. The Hall–Kier alpha value is -0.610. The fourth-order valence-corrected chi connectivity index (χ4v) is 1.73. The maximum Gasteiger partial charge on any atom is 0.236 e. The molecular formula is C11H22N2O2. The molecule has 0 saturated carbocycles. The van der Waals surface area contributed by atoms with E-state index in [1.165, 1.54) is 0 Å². The second-order valence-electron chi connectivity index (χ2n) is 4.51. The topological polar surface area (TPSA) is 55.6 Å². The molecule has 0 aromatic carbocycles. The minimum Gasteiger partial charge on any atom is -0.378 e. The summed E-state index contributed by atoms with van der Waals surface area (Å²) in [5.74, 6) is 0.631. The predicted octanol–water partition coefficient (Wildman–Crippen LogP) is 0.609. The average molecular weight is 214 g/mol. The molecule has 0 spiro atoms. The molecule has 1 fully saturated rings. The molecule has 4 heteroatoms. The van der Waals surface area contributed by atoms with Gasteiger partial charge in [-0.1, -0.05) is 13.8 Å². The minimum absolute atomic E-state index is 0.0531. The van der Waals surface area contributed by atoms with Crippen molar-refractivity contribution in [1.29, 1.82) is 0 Å². The lowest BCUT2D eigenvalue weighted by Crippen LogP contribution is -2.43. The Morgan fingerprint density at radius 1 is 1.47 bits per heavy atom. The molecule has 1 aliphatic rings. The number of hydrogen-bond acceptors (Lipinski definition) is 3. The summed E-state index contributed by atoms with van der Waals surface area (Å²) >= 11 is 0. The Morgan fingerprint density at radius 2 is 2.07 bits per heavy atom. The monoisotopic (exact) mass is 214 g/mol. The first-order valence-electron chi connectivity index (χ1n) is 5.73. The van der Waals surface area contributed by atoms with Crippen molar-refractivity contribution in [3.8, 4) is 0 Å². The van der Waals surface area contributed by atoms with Crippen LogP contribution in [0.15, 0.2) is 0 Å². The van der Waals surface area contributed by atoms with Gasteiger partial charge in [0, 0.05) is 19.7 Å². The van der Waals surface area contributed by atoms with Crippen LogP contribution in [0.25, 0.3) is 0 Å². The first-order chi connectivity index (χ1) is 7.13. The number of hydrogen-bond donors (Lipinski definition) is 1. The lowest BCUT2D eigenvalue weighted by Gasteiger charge is -2.32. The number of likely N-dealkylation sites (tertiary alicyclic amines) is 1. The van der Waals surface area contributed by atoms with E-state index in [4.69, 9.17) is 10.5 Å². The Balaban J connectivity index is 2.21. The highest BCUT2D eigenvalue weighted by atomic mass is 16.5. The highest BCUT2D eigenvalue weighted by molar-refractivity contribution is 5.78. The van der Waals surface area contributed by atoms with Crippen molar-refractivity contribution in [2.45, 2.75) is 32.8 Å². The summed E-state index contributed by atoms with van der Waals surface area (Å²) in [6, 6.07) is 0. The summed E-state index contributed by atoms with van der Waals surface area (Å²) in [7, 11) is 0. The van der Waals surface area contributed by atoms with Crippen molar-refractivity contribution >= 4 is 5.91 Å². The van der Waals surface area contributed by atoms with Crippen LogP contribution in [-0.2, 0) is 9.53 Å². The van der Waals surface area contributed by atoms with Crippen molar-refractivity contribution in [3.63, 3.8) is 0 Å². The predicted molar refractivity (Wildman–Crippen MR) is 59.4 cm³/mol. The molecule has 0 aliphatic carbocycles.